The molecule has 0 aromatic carbocycles. The van der Waals surface area contributed by atoms with Gasteiger partial charge >= 0.3 is 0 Å². The molecule has 1 saturated carbocycles. The van der Waals surface area contributed by atoms with Gasteiger partial charge in [-0.1, -0.05) is 44.6 Å². The summed E-state index contributed by atoms with van der Waals surface area (Å²) in [4.78, 5) is 20.9. The molecule has 1 heterocycles. The van der Waals surface area contributed by atoms with E-state index in [1.54, 1.807) is 0 Å². The van der Waals surface area contributed by atoms with E-state index in [0.29, 0.717) is 48.8 Å². The van der Waals surface area contributed by atoms with Crippen LogP contribution in [0.1, 0.15) is 83.5 Å². The molecule has 0 radical (unpaired) electrons. The normalized spacial score (nSPS) is 23.2. The quantitative estimate of drug-likeness (QED) is 0.452. The Balaban J connectivity index is 1.68. The molecule has 4 heteroatoms. The average molecular weight is 409 g/mol. The topological polar surface area (TPSA) is 52.1 Å². The monoisotopic (exact) mass is 408 g/mol. The summed E-state index contributed by atoms with van der Waals surface area (Å²) in [7, 11) is 0. The molecule has 4 nitrogen and oxygen atoms in total. The molecular weight excluding hydrogens is 372 g/mol. The van der Waals surface area contributed by atoms with E-state index in [0.717, 1.165) is 31.2 Å². The van der Waals surface area contributed by atoms with E-state index < -0.39 is 0 Å². The van der Waals surface area contributed by atoms with Crippen LogP contribution in [0.25, 0.3) is 0 Å². The fraction of sp³-hybridized carbons (Fsp3) is 0.577. The number of hydrogen-bond donors (Lipinski definition) is 0. The third-order valence-corrected chi connectivity index (χ3v) is 6.48. The van der Waals surface area contributed by atoms with E-state index in [9.17, 15) is 4.79 Å². The highest BCUT2D eigenvalue weighted by molar-refractivity contribution is 5.80. The molecule has 0 bridgehead atoms. The zero-order chi connectivity index (χ0) is 21.7. The number of ether oxygens (including phenoxy) is 1. The van der Waals surface area contributed by atoms with Crippen LogP contribution < -0.4 is 4.74 Å². The van der Waals surface area contributed by atoms with Crippen molar-refractivity contribution < 1.29 is 9.53 Å². The molecule has 162 valence electrons. The number of carbonyl (C=O) groups excluding carboxylic acids is 1. The third-order valence-electron chi connectivity index (χ3n) is 6.48. The summed E-state index contributed by atoms with van der Waals surface area (Å²) < 4.78 is 6.21. The SMILES string of the molecule is CCC(C)=CC=C(C1=CC1COc1nc(C)ncc1C1CCCC(=O)C1)C(C)CC. The van der Waals surface area contributed by atoms with Crippen LogP contribution in [0.4, 0.5) is 0 Å². The third kappa shape index (κ3) is 5.68. The lowest BCUT2D eigenvalue weighted by atomic mass is 9.84. The highest BCUT2D eigenvalue weighted by atomic mass is 16.5. The van der Waals surface area contributed by atoms with E-state index in [1.165, 1.54) is 16.7 Å². The van der Waals surface area contributed by atoms with Gasteiger partial charge in [0.25, 0.3) is 0 Å². The smallest absolute Gasteiger partial charge is 0.220 e. The van der Waals surface area contributed by atoms with Gasteiger partial charge in [0.15, 0.2) is 0 Å². The largest absolute Gasteiger partial charge is 0.476 e. The second-order valence-electron chi connectivity index (χ2n) is 8.85. The summed E-state index contributed by atoms with van der Waals surface area (Å²) in [5.41, 5.74) is 5.23. The summed E-state index contributed by atoms with van der Waals surface area (Å²) in [6, 6.07) is 0. The van der Waals surface area contributed by atoms with Gasteiger partial charge in [0.1, 0.15) is 18.2 Å². The second kappa shape index (κ2) is 10.2. The van der Waals surface area contributed by atoms with E-state index >= 15 is 0 Å². The maximum absolute atomic E-state index is 11.9. The number of Topliss-reactive ketones (excluding diaryl/α,β-unsaturated/α-hetero) is 1. The predicted octanol–water partition coefficient (Wildman–Crippen LogP) is 6.28. The Morgan fingerprint density at radius 1 is 1.33 bits per heavy atom. The molecule has 1 aromatic heterocycles. The van der Waals surface area contributed by atoms with Gasteiger partial charge in [0, 0.05) is 30.5 Å². The lowest BCUT2D eigenvalue weighted by Crippen LogP contribution is -2.16. The van der Waals surface area contributed by atoms with Crippen molar-refractivity contribution in [3.8, 4) is 5.88 Å². The zero-order valence-corrected chi connectivity index (χ0v) is 19.2. The van der Waals surface area contributed by atoms with Crippen molar-refractivity contribution in [1.29, 1.82) is 0 Å². The van der Waals surface area contributed by atoms with Crippen molar-refractivity contribution in [3.63, 3.8) is 0 Å². The maximum Gasteiger partial charge on any atom is 0.220 e. The predicted molar refractivity (Wildman–Crippen MR) is 122 cm³/mol. The van der Waals surface area contributed by atoms with Gasteiger partial charge in [-0.3, -0.25) is 4.79 Å². The fourth-order valence-electron chi connectivity index (χ4n) is 4.04. The summed E-state index contributed by atoms with van der Waals surface area (Å²) in [5, 5.41) is 0. The van der Waals surface area contributed by atoms with Crippen LogP contribution in [0.15, 0.2) is 41.1 Å². The second-order valence-corrected chi connectivity index (χ2v) is 8.85. The van der Waals surface area contributed by atoms with Crippen LogP contribution in [0.2, 0.25) is 0 Å². The molecular formula is C26H36N2O2. The number of nitrogens with zero attached hydrogens (tertiary/aromatic N) is 2. The van der Waals surface area contributed by atoms with Crippen molar-refractivity contribution in [2.24, 2.45) is 11.8 Å². The van der Waals surface area contributed by atoms with Crippen LogP contribution in [0.5, 0.6) is 5.88 Å². The molecule has 0 N–H and O–H groups in total. The first-order valence-electron chi connectivity index (χ1n) is 11.5. The van der Waals surface area contributed by atoms with Gasteiger partial charge in [-0.15, -0.1) is 0 Å². The Labute approximate surface area is 181 Å². The maximum atomic E-state index is 11.9. The number of aryl methyl sites for hydroxylation is 1. The number of carbonyl (C=O) groups is 1. The Morgan fingerprint density at radius 2 is 2.13 bits per heavy atom. The number of rotatable bonds is 9. The molecule has 2 aliphatic carbocycles. The van der Waals surface area contributed by atoms with Crippen LogP contribution in [0.3, 0.4) is 0 Å². The van der Waals surface area contributed by atoms with Crippen LogP contribution in [0, 0.1) is 18.8 Å². The molecule has 30 heavy (non-hydrogen) atoms. The van der Waals surface area contributed by atoms with Gasteiger partial charge < -0.3 is 4.74 Å². The molecule has 0 amide bonds. The summed E-state index contributed by atoms with van der Waals surface area (Å²) in [6.07, 6.45) is 14.2. The number of allylic oxidation sites excluding steroid dienone is 4. The van der Waals surface area contributed by atoms with Gasteiger partial charge in [-0.25, -0.2) is 4.98 Å². The first-order valence-corrected chi connectivity index (χ1v) is 11.5. The zero-order valence-electron chi connectivity index (χ0n) is 19.2. The van der Waals surface area contributed by atoms with Crippen molar-refractivity contribution >= 4 is 5.78 Å². The number of aromatic nitrogens is 2. The summed E-state index contributed by atoms with van der Waals surface area (Å²) in [5.74, 6) is 2.77. The molecule has 2 aliphatic rings. The average Bonchev–Trinajstić information content (AvgIpc) is 3.51. The van der Waals surface area contributed by atoms with E-state index in [2.05, 4.69) is 55.9 Å². The highest BCUT2D eigenvalue weighted by Crippen LogP contribution is 2.41. The van der Waals surface area contributed by atoms with Crippen LogP contribution >= 0.6 is 0 Å². The lowest BCUT2D eigenvalue weighted by Gasteiger charge is -2.22. The van der Waals surface area contributed by atoms with E-state index in [4.69, 9.17) is 4.74 Å². The fourth-order valence-corrected chi connectivity index (χ4v) is 4.04. The van der Waals surface area contributed by atoms with Gasteiger partial charge in [-0.05, 0) is 62.5 Å². The van der Waals surface area contributed by atoms with Crippen molar-refractivity contribution in [2.45, 2.75) is 79.1 Å². The number of hydrogen-bond acceptors (Lipinski definition) is 4. The molecule has 0 saturated heterocycles. The Kier molecular flexibility index (Phi) is 7.63. The minimum Gasteiger partial charge on any atom is -0.476 e. The molecule has 3 rings (SSSR count). The highest BCUT2D eigenvalue weighted by Gasteiger charge is 2.31. The van der Waals surface area contributed by atoms with Crippen molar-refractivity contribution in [1.82, 2.24) is 9.97 Å². The van der Waals surface area contributed by atoms with Crippen LogP contribution in [-0.4, -0.2) is 22.4 Å². The molecule has 3 unspecified atom stereocenters. The van der Waals surface area contributed by atoms with Gasteiger partial charge in [-0.2, -0.15) is 4.98 Å². The van der Waals surface area contributed by atoms with E-state index in [-0.39, 0.29) is 5.92 Å². The van der Waals surface area contributed by atoms with Crippen molar-refractivity contribution in [3.05, 3.63) is 52.5 Å². The minimum absolute atomic E-state index is 0.186. The Bertz CT molecular complexity index is 866. The molecule has 0 aliphatic heterocycles. The standard InChI is InChI=1S/C26H36N2O2/c1-6-17(3)11-12-23(18(4)7-2)24-14-21(24)16-30-26-25(15-27-19(5)28-26)20-9-8-10-22(29)13-20/h11-12,14-15,18,20-21H,6-10,13,16H2,1-5H3. The first kappa shape index (κ1) is 22.5. The van der Waals surface area contributed by atoms with E-state index in [1.807, 2.05) is 13.1 Å². The van der Waals surface area contributed by atoms with Crippen LogP contribution in [-0.2, 0) is 4.79 Å². The Hall–Kier alpha value is -2.23. The summed E-state index contributed by atoms with van der Waals surface area (Å²) in [6.45, 7) is 11.4. The summed E-state index contributed by atoms with van der Waals surface area (Å²) >= 11 is 0. The lowest BCUT2D eigenvalue weighted by molar-refractivity contribution is -0.120. The first-order chi connectivity index (χ1) is 14.4. The van der Waals surface area contributed by atoms with Gasteiger partial charge in [0.2, 0.25) is 5.88 Å². The molecule has 1 aromatic rings. The van der Waals surface area contributed by atoms with Crippen molar-refractivity contribution in [2.75, 3.05) is 6.61 Å². The number of ketones is 1. The molecule has 0 spiro atoms. The van der Waals surface area contributed by atoms with Gasteiger partial charge in [0.05, 0.1) is 0 Å². The molecule has 3 atom stereocenters. The minimum atomic E-state index is 0.186. The Morgan fingerprint density at radius 3 is 2.83 bits per heavy atom. The molecule has 1 fully saturated rings.